The van der Waals surface area contributed by atoms with Crippen LogP contribution in [0.1, 0.15) is 13.8 Å². The minimum Gasteiger partial charge on any atom is -0.491 e. The summed E-state index contributed by atoms with van der Waals surface area (Å²) in [6, 6.07) is 4.22. The van der Waals surface area contributed by atoms with Crippen molar-refractivity contribution in [3.63, 3.8) is 0 Å². The minimum atomic E-state index is -1.12. The number of ether oxygens (including phenoxy) is 1. The van der Waals surface area contributed by atoms with Gasteiger partial charge in [0.1, 0.15) is 6.10 Å². The number of carbonyl (C=O) groups is 1. The van der Waals surface area contributed by atoms with Crippen molar-refractivity contribution >= 4 is 11.6 Å². The molecule has 1 aromatic rings. The van der Waals surface area contributed by atoms with Crippen LogP contribution in [0, 0.1) is 5.82 Å². The number of carbonyl (C=O) groups excluding carboxylic acids is 1. The van der Waals surface area contributed by atoms with Crippen molar-refractivity contribution in [2.24, 2.45) is 0 Å². The Hall–Kier alpha value is -1.62. The van der Waals surface area contributed by atoms with Crippen LogP contribution in [0.3, 0.4) is 0 Å². The maximum absolute atomic E-state index is 13.5. The van der Waals surface area contributed by atoms with Crippen LogP contribution >= 0.6 is 0 Å². The summed E-state index contributed by atoms with van der Waals surface area (Å²) in [5.41, 5.74) is 0.372. The summed E-state index contributed by atoms with van der Waals surface area (Å²) in [6.07, 6.45) is -1.12. The molecule has 0 spiro atoms. The molecule has 1 rings (SSSR count). The number of likely N-dealkylation sites (N-methyl/N-ethyl adjacent to an activating group) is 1. The van der Waals surface area contributed by atoms with Crippen molar-refractivity contribution in [2.45, 2.75) is 20.0 Å². The molecule has 0 aromatic heterocycles. The molecular formula is C12H16FNO3. The molecule has 1 unspecified atom stereocenters. The first-order valence-corrected chi connectivity index (χ1v) is 5.35. The maximum atomic E-state index is 13.5. The van der Waals surface area contributed by atoms with Gasteiger partial charge in [-0.15, -0.1) is 0 Å². The Morgan fingerprint density at radius 2 is 2.24 bits per heavy atom. The first-order valence-electron chi connectivity index (χ1n) is 5.35. The highest BCUT2D eigenvalue weighted by atomic mass is 19.1. The van der Waals surface area contributed by atoms with Crippen LogP contribution in [0.4, 0.5) is 10.1 Å². The normalized spacial score (nSPS) is 12.1. The first kappa shape index (κ1) is 13.4. The zero-order valence-corrected chi connectivity index (χ0v) is 10.1. The Morgan fingerprint density at radius 1 is 1.59 bits per heavy atom. The van der Waals surface area contributed by atoms with E-state index in [1.807, 2.05) is 0 Å². The lowest BCUT2D eigenvalue weighted by molar-refractivity contribution is -0.125. The van der Waals surface area contributed by atoms with E-state index in [1.54, 1.807) is 13.0 Å². The number of nitrogens with zero attached hydrogens (tertiary/aromatic N) is 1. The Labute approximate surface area is 99.6 Å². The second-order valence-electron chi connectivity index (χ2n) is 3.62. The topological polar surface area (TPSA) is 49.8 Å². The fourth-order valence-corrected chi connectivity index (χ4v) is 1.38. The predicted octanol–water partition coefficient (Wildman–Crippen LogP) is 1.57. The highest BCUT2D eigenvalue weighted by Crippen LogP contribution is 2.23. The van der Waals surface area contributed by atoms with E-state index in [0.717, 1.165) is 0 Å². The van der Waals surface area contributed by atoms with Gasteiger partial charge in [0.05, 0.1) is 6.61 Å². The summed E-state index contributed by atoms with van der Waals surface area (Å²) in [4.78, 5) is 12.7. The van der Waals surface area contributed by atoms with Crippen molar-refractivity contribution in [2.75, 3.05) is 18.6 Å². The van der Waals surface area contributed by atoms with Gasteiger partial charge in [0.2, 0.25) is 0 Å². The largest absolute Gasteiger partial charge is 0.491 e. The number of hydrogen-bond donors (Lipinski definition) is 1. The molecule has 0 saturated heterocycles. The quantitative estimate of drug-likeness (QED) is 0.870. The van der Waals surface area contributed by atoms with Gasteiger partial charge in [0.15, 0.2) is 11.6 Å². The van der Waals surface area contributed by atoms with Crippen LogP contribution in [0.25, 0.3) is 0 Å². The van der Waals surface area contributed by atoms with Crippen molar-refractivity contribution in [1.29, 1.82) is 0 Å². The lowest BCUT2D eigenvalue weighted by atomic mass is 10.2. The Kier molecular flexibility index (Phi) is 4.45. The van der Waals surface area contributed by atoms with Crippen LogP contribution in [0.5, 0.6) is 5.75 Å². The number of aliphatic hydroxyl groups is 1. The first-order chi connectivity index (χ1) is 7.97. The summed E-state index contributed by atoms with van der Waals surface area (Å²) in [7, 11) is 1.48. The van der Waals surface area contributed by atoms with E-state index in [4.69, 9.17) is 9.84 Å². The molecule has 0 aliphatic carbocycles. The molecule has 0 bridgehead atoms. The molecule has 4 nitrogen and oxygen atoms in total. The SMILES string of the molecule is CCOc1ccc(N(C)C(=O)C(C)O)cc1F. The van der Waals surface area contributed by atoms with Gasteiger partial charge in [-0.3, -0.25) is 4.79 Å². The average Bonchev–Trinajstić information content (AvgIpc) is 2.30. The third kappa shape index (κ3) is 3.17. The summed E-state index contributed by atoms with van der Waals surface area (Å²) in [5.74, 6) is -0.878. The minimum absolute atomic E-state index is 0.147. The van der Waals surface area contributed by atoms with Crippen LogP contribution in [-0.2, 0) is 4.79 Å². The van der Waals surface area contributed by atoms with Crippen molar-refractivity contribution in [3.05, 3.63) is 24.0 Å². The van der Waals surface area contributed by atoms with Crippen molar-refractivity contribution in [3.8, 4) is 5.75 Å². The molecule has 0 saturated carbocycles. The molecule has 1 N–H and O–H groups in total. The second-order valence-corrected chi connectivity index (χ2v) is 3.62. The number of rotatable bonds is 4. The Balaban J connectivity index is 2.93. The Bertz CT molecular complexity index is 407. The molecule has 17 heavy (non-hydrogen) atoms. The molecular weight excluding hydrogens is 225 g/mol. The van der Waals surface area contributed by atoms with Gasteiger partial charge in [0, 0.05) is 18.8 Å². The average molecular weight is 241 g/mol. The molecule has 1 atom stereocenters. The van der Waals surface area contributed by atoms with E-state index in [1.165, 1.54) is 31.0 Å². The lowest BCUT2D eigenvalue weighted by Gasteiger charge is -2.19. The number of halogens is 1. The lowest BCUT2D eigenvalue weighted by Crippen LogP contribution is -2.34. The van der Waals surface area contributed by atoms with E-state index >= 15 is 0 Å². The van der Waals surface area contributed by atoms with Crippen LogP contribution in [0.15, 0.2) is 18.2 Å². The van der Waals surface area contributed by atoms with Crippen molar-refractivity contribution in [1.82, 2.24) is 0 Å². The molecule has 5 heteroatoms. The van der Waals surface area contributed by atoms with E-state index in [2.05, 4.69) is 0 Å². The van der Waals surface area contributed by atoms with Gasteiger partial charge >= 0.3 is 0 Å². The second kappa shape index (κ2) is 5.63. The van der Waals surface area contributed by atoms with Gasteiger partial charge in [-0.1, -0.05) is 0 Å². The molecule has 94 valence electrons. The van der Waals surface area contributed by atoms with Crippen molar-refractivity contribution < 1.29 is 19.0 Å². The summed E-state index contributed by atoms with van der Waals surface area (Å²) in [5, 5.41) is 9.15. The number of benzene rings is 1. The van der Waals surface area contributed by atoms with E-state index in [-0.39, 0.29) is 5.75 Å². The highest BCUT2D eigenvalue weighted by Gasteiger charge is 2.17. The standard InChI is InChI=1S/C12H16FNO3/c1-4-17-11-6-5-9(7-10(11)13)14(3)12(16)8(2)15/h5-8,15H,4H2,1-3H3. The van der Waals surface area contributed by atoms with E-state index in [9.17, 15) is 9.18 Å². The molecule has 0 aliphatic rings. The summed E-state index contributed by atoms with van der Waals surface area (Å²) < 4.78 is 18.6. The van der Waals surface area contributed by atoms with Crippen LogP contribution in [0.2, 0.25) is 0 Å². The number of anilines is 1. The van der Waals surface area contributed by atoms with E-state index < -0.39 is 17.8 Å². The summed E-state index contributed by atoms with van der Waals surface area (Å²) >= 11 is 0. The molecule has 1 aromatic carbocycles. The zero-order valence-electron chi connectivity index (χ0n) is 10.1. The molecule has 1 amide bonds. The van der Waals surface area contributed by atoms with Gasteiger partial charge in [-0.25, -0.2) is 4.39 Å². The summed E-state index contributed by atoms with van der Waals surface area (Å²) in [6.45, 7) is 3.50. The van der Waals surface area contributed by atoms with E-state index in [0.29, 0.717) is 12.3 Å². The van der Waals surface area contributed by atoms with Crippen LogP contribution in [-0.4, -0.2) is 30.8 Å². The van der Waals surface area contributed by atoms with Gasteiger partial charge < -0.3 is 14.7 Å². The molecule has 0 radical (unpaired) electrons. The van der Waals surface area contributed by atoms with Gasteiger partial charge in [-0.05, 0) is 26.0 Å². The predicted molar refractivity (Wildman–Crippen MR) is 62.7 cm³/mol. The molecule has 0 fully saturated rings. The Morgan fingerprint density at radius 3 is 2.71 bits per heavy atom. The molecule has 0 heterocycles. The zero-order chi connectivity index (χ0) is 13.0. The monoisotopic (exact) mass is 241 g/mol. The highest BCUT2D eigenvalue weighted by molar-refractivity contribution is 5.95. The fourth-order valence-electron chi connectivity index (χ4n) is 1.38. The smallest absolute Gasteiger partial charge is 0.255 e. The van der Waals surface area contributed by atoms with Gasteiger partial charge in [-0.2, -0.15) is 0 Å². The number of hydrogen-bond acceptors (Lipinski definition) is 3. The van der Waals surface area contributed by atoms with Crippen LogP contribution < -0.4 is 9.64 Å². The third-order valence-electron chi connectivity index (χ3n) is 2.29. The van der Waals surface area contributed by atoms with Gasteiger partial charge in [0.25, 0.3) is 5.91 Å². The maximum Gasteiger partial charge on any atom is 0.255 e. The molecule has 0 aliphatic heterocycles. The number of aliphatic hydroxyl groups excluding tert-OH is 1. The number of amides is 1. The fraction of sp³-hybridized carbons (Fsp3) is 0.417. The third-order valence-corrected chi connectivity index (χ3v) is 2.29.